The third-order valence-electron chi connectivity index (χ3n) is 1.19. The van der Waals surface area contributed by atoms with Gasteiger partial charge < -0.3 is 5.73 Å². The van der Waals surface area contributed by atoms with E-state index < -0.39 is 11.1 Å². The summed E-state index contributed by atoms with van der Waals surface area (Å²) in [6.07, 6.45) is -3.03. The minimum atomic E-state index is -4.27. The fraction of sp³-hybridized carbons (Fsp3) is 0.500. The third-order valence-corrected chi connectivity index (χ3v) is 2.29. The van der Waals surface area contributed by atoms with Crippen molar-refractivity contribution in [2.75, 3.05) is 6.54 Å². The van der Waals surface area contributed by atoms with E-state index in [1.165, 1.54) is 0 Å². The van der Waals surface area contributed by atoms with Crippen molar-refractivity contribution in [3.8, 4) is 0 Å². The van der Waals surface area contributed by atoms with Gasteiger partial charge in [0.1, 0.15) is 4.88 Å². The van der Waals surface area contributed by atoms with Crippen molar-refractivity contribution in [1.82, 2.24) is 4.98 Å². The van der Waals surface area contributed by atoms with Crippen LogP contribution in [0.5, 0.6) is 0 Å². The predicted octanol–water partition coefficient (Wildman–Crippen LogP) is 1.66. The molecule has 0 aliphatic heterocycles. The lowest BCUT2D eigenvalue weighted by Crippen LogP contribution is -2.02. The standard InChI is InChI=1S/C6H7F3N2S/c7-6(8,9)4-3-11-5(12-4)1-2-10/h3H,1-2,10H2. The van der Waals surface area contributed by atoms with Gasteiger partial charge in [-0.1, -0.05) is 0 Å². The number of nitrogens with two attached hydrogens (primary N) is 1. The van der Waals surface area contributed by atoms with Crippen LogP contribution in [0.4, 0.5) is 13.2 Å². The summed E-state index contributed by atoms with van der Waals surface area (Å²) >= 11 is 0.648. The highest BCUT2D eigenvalue weighted by Gasteiger charge is 2.32. The molecule has 0 amide bonds. The molecule has 0 bridgehead atoms. The number of halogens is 3. The van der Waals surface area contributed by atoms with Crippen LogP contribution in [-0.4, -0.2) is 11.5 Å². The van der Waals surface area contributed by atoms with Crippen LogP contribution in [0.15, 0.2) is 6.20 Å². The molecule has 12 heavy (non-hydrogen) atoms. The SMILES string of the molecule is NCCc1ncc(C(F)(F)F)s1. The number of hydrogen-bond acceptors (Lipinski definition) is 3. The second-order valence-corrected chi connectivity index (χ2v) is 3.27. The Morgan fingerprint density at radius 3 is 2.58 bits per heavy atom. The summed E-state index contributed by atoms with van der Waals surface area (Å²) in [7, 11) is 0. The summed E-state index contributed by atoms with van der Waals surface area (Å²) in [5.74, 6) is 0. The summed E-state index contributed by atoms with van der Waals surface area (Å²) in [6, 6.07) is 0. The van der Waals surface area contributed by atoms with Crippen LogP contribution in [0.3, 0.4) is 0 Å². The number of nitrogens with zero attached hydrogens (tertiary/aromatic N) is 1. The predicted molar refractivity (Wildman–Crippen MR) is 39.9 cm³/mol. The van der Waals surface area contributed by atoms with E-state index in [9.17, 15) is 13.2 Å². The molecule has 0 unspecified atom stereocenters. The number of alkyl halides is 3. The van der Waals surface area contributed by atoms with Gasteiger partial charge in [0.2, 0.25) is 0 Å². The summed E-state index contributed by atoms with van der Waals surface area (Å²) in [5.41, 5.74) is 5.16. The highest BCUT2D eigenvalue weighted by molar-refractivity contribution is 7.11. The van der Waals surface area contributed by atoms with Crippen LogP contribution in [0.2, 0.25) is 0 Å². The Kier molecular flexibility index (Phi) is 2.69. The Labute approximate surface area is 71.2 Å². The second kappa shape index (κ2) is 3.40. The highest BCUT2D eigenvalue weighted by Crippen LogP contribution is 2.33. The molecule has 2 N–H and O–H groups in total. The summed E-state index contributed by atoms with van der Waals surface area (Å²) in [4.78, 5) is 2.93. The van der Waals surface area contributed by atoms with E-state index in [1.807, 2.05) is 0 Å². The Bertz CT molecular complexity index is 256. The maximum Gasteiger partial charge on any atom is 0.427 e. The first kappa shape index (κ1) is 9.47. The van der Waals surface area contributed by atoms with Gasteiger partial charge in [0.05, 0.1) is 11.2 Å². The van der Waals surface area contributed by atoms with E-state index in [4.69, 9.17) is 5.73 Å². The van der Waals surface area contributed by atoms with Crippen molar-refractivity contribution in [3.05, 3.63) is 16.1 Å². The van der Waals surface area contributed by atoms with E-state index in [2.05, 4.69) is 4.98 Å². The second-order valence-electron chi connectivity index (χ2n) is 2.15. The van der Waals surface area contributed by atoms with Crippen LogP contribution in [0, 0.1) is 0 Å². The van der Waals surface area contributed by atoms with Crippen molar-refractivity contribution < 1.29 is 13.2 Å². The largest absolute Gasteiger partial charge is 0.427 e. The first-order valence-corrected chi connectivity index (χ1v) is 4.07. The van der Waals surface area contributed by atoms with Crippen LogP contribution in [0.25, 0.3) is 0 Å². The van der Waals surface area contributed by atoms with Crippen molar-refractivity contribution >= 4 is 11.3 Å². The van der Waals surface area contributed by atoms with Gasteiger partial charge in [-0.25, -0.2) is 4.98 Å². The lowest BCUT2D eigenvalue weighted by molar-refractivity contribution is -0.134. The maximum absolute atomic E-state index is 12.0. The van der Waals surface area contributed by atoms with E-state index in [0.717, 1.165) is 6.20 Å². The molecule has 1 rings (SSSR count). The number of thiazole rings is 1. The molecular formula is C6H7F3N2S. The van der Waals surface area contributed by atoms with Gasteiger partial charge in [-0.3, -0.25) is 0 Å². The van der Waals surface area contributed by atoms with Gasteiger partial charge in [0.25, 0.3) is 0 Å². The van der Waals surface area contributed by atoms with Crippen LogP contribution in [-0.2, 0) is 12.6 Å². The fourth-order valence-corrected chi connectivity index (χ4v) is 1.48. The van der Waals surface area contributed by atoms with E-state index in [1.54, 1.807) is 0 Å². The van der Waals surface area contributed by atoms with Crippen molar-refractivity contribution in [1.29, 1.82) is 0 Å². The third kappa shape index (κ3) is 2.18. The minimum absolute atomic E-state index is 0.324. The molecule has 68 valence electrons. The van der Waals surface area contributed by atoms with Crippen LogP contribution >= 0.6 is 11.3 Å². The zero-order chi connectivity index (χ0) is 9.19. The monoisotopic (exact) mass is 196 g/mol. The average molecular weight is 196 g/mol. The minimum Gasteiger partial charge on any atom is -0.330 e. The molecule has 0 fully saturated rings. The molecular weight excluding hydrogens is 189 g/mol. The fourth-order valence-electron chi connectivity index (χ4n) is 0.680. The lowest BCUT2D eigenvalue weighted by Gasteiger charge is -1.99. The highest BCUT2D eigenvalue weighted by atomic mass is 32.1. The van der Waals surface area contributed by atoms with Gasteiger partial charge in [-0.15, -0.1) is 11.3 Å². The first-order chi connectivity index (χ1) is 5.54. The number of hydrogen-bond donors (Lipinski definition) is 1. The molecule has 0 atom stereocenters. The lowest BCUT2D eigenvalue weighted by atomic mass is 10.5. The molecule has 0 radical (unpaired) electrons. The van der Waals surface area contributed by atoms with Crippen LogP contribution in [0.1, 0.15) is 9.88 Å². The average Bonchev–Trinajstić information content (AvgIpc) is 2.35. The summed E-state index contributed by atoms with van der Waals surface area (Å²) in [6.45, 7) is 0.324. The Balaban J connectivity index is 2.77. The Morgan fingerprint density at radius 2 is 2.17 bits per heavy atom. The van der Waals surface area contributed by atoms with Crippen molar-refractivity contribution in [3.63, 3.8) is 0 Å². The van der Waals surface area contributed by atoms with Crippen molar-refractivity contribution in [2.24, 2.45) is 5.73 Å². The first-order valence-electron chi connectivity index (χ1n) is 3.26. The zero-order valence-electron chi connectivity index (χ0n) is 6.06. The van der Waals surface area contributed by atoms with Crippen LogP contribution < -0.4 is 5.73 Å². The Hall–Kier alpha value is -0.620. The molecule has 0 aliphatic carbocycles. The van der Waals surface area contributed by atoms with Gasteiger partial charge in [-0.05, 0) is 6.54 Å². The smallest absolute Gasteiger partial charge is 0.330 e. The maximum atomic E-state index is 12.0. The normalized spacial score (nSPS) is 12.0. The Morgan fingerprint density at radius 1 is 1.50 bits per heavy atom. The van der Waals surface area contributed by atoms with Gasteiger partial charge >= 0.3 is 6.18 Å². The van der Waals surface area contributed by atoms with Gasteiger partial charge in [0.15, 0.2) is 0 Å². The quantitative estimate of drug-likeness (QED) is 0.781. The molecule has 1 aromatic rings. The molecule has 0 aromatic carbocycles. The van der Waals surface area contributed by atoms with E-state index >= 15 is 0 Å². The summed E-state index contributed by atoms with van der Waals surface area (Å²) in [5, 5.41) is 0.435. The molecule has 1 heterocycles. The molecule has 6 heteroatoms. The zero-order valence-corrected chi connectivity index (χ0v) is 6.87. The topological polar surface area (TPSA) is 38.9 Å². The van der Waals surface area contributed by atoms with Crippen molar-refractivity contribution in [2.45, 2.75) is 12.6 Å². The van der Waals surface area contributed by atoms with Gasteiger partial charge in [0, 0.05) is 6.42 Å². The molecule has 0 saturated heterocycles. The summed E-state index contributed by atoms with van der Waals surface area (Å²) < 4.78 is 35.9. The van der Waals surface area contributed by atoms with E-state index in [0.29, 0.717) is 29.3 Å². The molecule has 0 spiro atoms. The van der Waals surface area contributed by atoms with E-state index in [-0.39, 0.29) is 0 Å². The van der Waals surface area contributed by atoms with Gasteiger partial charge in [-0.2, -0.15) is 13.2 Å². The number of rotatable bonds is 2. The molecule has 1 aromatic heterocycles. The molecule has 0 saturated carbocycles. The molecule has 0 aliphatic rings. The number of aromatic nitrogens is 1. The molecule has 2 nitrogen and oxygen atoms in total.